The number of isocyanates is 1. The third-order valence-electron chi connectivity index (χ3n) is 2.39. The molecule has 16 heavy (non-hydrogen) atoms. The maximum atomic E-state index is 10.1. The zero-order chi connectivity index (χ0) is 11.5. The molecule has 2 rings (SSSR count). The van der Waals surface area contributed by atoms with E-state index >= 15 is 0 Å². The number of nitrogens with zero attached hydrogens (tertiary/aromatic N) is 1. The van der Waals surface area contributed by atoms with Crippen LogP contribution in [0.5, 0.6) is 11.5 Å². The van der Waals surface area contributed by atoms with Crippen LogP contribution in [0.3, 0.4) is 0 Å². The van der Waals surface area contributed by atoms with E-state index in [-0.39, 0.29) is 18.0 Å². The standard InChI is InChI=1S/C12H9NO3/c14-7-13-6-11-10-5-9(15)3-1-8(10)2-4-12(11)16/h1-5,15-16H,6H2. The summed E-state index contributed by atoms with van der Waals surface area (Å²) in [5.41, 5.74) is 0.511. The molecule has 0 bridgehead atoms. The molecule has 2 N–H and O–H groups in total. The summed E-state index contributed by atoms with van der Waals surface area (Å²) in [5.74, 6) is 0.159. The van der Waals surface area contributed by atoms with Crippen molar-refractivity contribution >= 4 is 16.9 Å². The average Bonchev–Trinajstić information content (AvgIpc) is 2.28. The summed E-state index contributed by atoms with van der Waals surface area (Å²) in [5, 5.41) is 20.6. The normalized spacial score (nSPS) is 10.0. The Hall–Kier alpha value is -2.32. The average molecular weight is 215 g/mol. The summed E-state index contributed by atoms with van der Waals surface area (Å²) < 4.78 is 0. The summed E-state index contributed by atoms with van der Waals surface area (Å²) in [6.45, 7) is 0.0517. The van der Waals surface area contributed by atoms with Crippen molar-refractivity contribution < 1.29 is 15.0 Å². The number of hydrogen-bond donors (Lipinski definition) is 2. The zero-order valence-corrected chi connectivity index (χ0v) is 8.34. The molecule has 0 amide bonds. The SMILES string of the molecule is O=C=NCc1c(O)ccc2ccc(O)cc12. The van der Waals surface area contributed by atoms with Gasteiger partial charge < -0.3 is 10.2 Å². The molecule has 0 fully saturated rings. The highest BCUT2D eigenvalue weighted by atomic mass is 16.3. The Labute approximate surface area is 91.5 Å². The Morgan fingerprint density at radius 1 is 1.19 bits per heavy atom. The predicted octanol–water partition coefficient (Wildman–Crippen LogP) is 2.09. The fourth-order valence-electron chi connectivity index (χ4n) is 1.64. The van der Waals surface area contributed by atoms with E-state index in [1.165, 1.54) is 18.2 Å². The Bertz CT molecular complexity index is 581. The smallest absolute Gasteiger partial charge is 0.235 e. The van der Waals surface area contributed by atoms with Crippen molar-refractivity contribution in [3.05, 3.63) is 35.9 Å². The Kier molecular flexibility index (Phi) is 2.58. The number of aromatic hydroxyl groups is 2. The van der Waals surface area contributed by atoms with Gasteiger partial charge in [-0.2, -0.15) is 0 Å². The van der Waals surface area contributed by atoms with Crippen molar-refractivity contribution in [1.82, 2.24) is 0 Å². The van der Waals surface area contributed by atoms with Gasteiger partial charge in [-0.05, 0) is 29.0 Å². The number of rotatable bonds is 2. The number of phenols is 2. The maximum Gasteiger partial charge on any atom is 0.235 e. The van der Waals surface area contributed by atoms with Crippen molar-refractivity contribution in [3.63, 3.8) is 0 Å². The molecule has 0 aromatic heterocycles. The number of carbonyl (C=O) groups excluding carboxylic acids is 1. The molecular weight excluding hydrogens is 206 g/mol. The van der Waals surface area contributed by atoms with Gasteiger partial charge in [-0.25, -0.2) is 9.79 Å². The highest BCUT2D eigenvalue weighted by Crippen LogP contribution is 2.30. The van der Waals surface area contributed by atoms with Gasteiger partial charge >= 0.3 is 0 Å². The first-order valence-corrected chi connectivity index (χ1v) is 4.69. The van der Waals surface area contributed by atoms with E-state index in [1.807, 2.05) is 0 Å². The van der Waals surface area contributed by atoms with Gasteiger partial charge in [-0.3, -0.25) is 0 Å². The Morgan fingerprint density at radius 3 is 2.69 bits per heavy atom. The first kappa shape index (κ1) is 10.2. The molecule has 0 spiro atoms. The summed E-state index contributed by atoms with van der Waals surface area (Å²) in [4.78, 5) is 13.5. The van der Waals surface area contributed by atoms with Gasteiger partial charge in [-0.1, -0.05) is 12.1 Å². The van der Waals surface area contributed by atoms with E-state index in [0.717, 1.165) is 5.39 Å². The molecule has 0 saturated carbocycles. The molecule has 0 unspecified atom stereocenters. The number of phenolic OH excluding ortho intramolecular Hbond substituents is 2. The third-order valence-corrected chi connectivity index (χ3v) is 2.39. The van der Waals surface area contributed by atoms with Crippen LogP contribution in [0.2, 0.25) is 0 Å². The Balaban J connectivity index is 2.71. The predicted molar refractivity (Wildman–Crippen MR) is 59.1 cm³/mol. The second kappa shape index (κ2) is 4.04. The molecule has 0 saturated heterocycles. The van der Waals surface area contributed by atoms with Crippen LogP contribution < -0.4 is 0 Å². The number of aliphatic imine (C=N–C) groups is 1. The molecule has 0 aliphatic carbocycles. The largest absolute Gasteiger partial charge is 0.508 e. The first-order valence-electron chi connectivity index (χ1n) is 4.69. The molecule has 0 aliphatic rings. The molecule has 0 atom stereocenters. The molecule has 2 aromatic carbocycles. The number of benzene rings is 2. The van der Waals surface area contributed by atoms with Crippen LogP contribution in [-0.4, -0.2) is 16.3 Å². The minimum absolute atomic E-state index is 0.0517. The van der Waals surface area contributed by atoms with E-state index in [4.69, 9.17) is 0 Å². The second-order valence-corrected chi connectivity index (χ2v) is 3.38. The summed E-state index contributed by atoms with van der Waals surface area (Å²) in [7, 11) is 0. The minimum atomic E-state index is 0.0517. The lowest BCUT2D eigenvalue weighted by Gasteiger charge is -2.06. The van der Waals surface area contributed by atoms with Crippen molar-refractivity contribution in [2.24, 2.45) is 4.99 Å². The first-order chi connectivity index (χ1) is 7.72. The highest BCUT2D eigenvalue weighted by Gasteiger charge is 2.07. The lowest BCUT2D eigenvalue weighted by molar-refractivity contribution is 0.469. The van der Waals surface area contributed by atoms with E-state index in [1.54, 1.807) is 18.2 Å². The van der Waals surface area contributed by atoms with E-state index < -0.39 is 0 Å². The van der Waals surface area contributed by atoms with Crippen LogP contribution in [0.15, 0.2) is 35.3 Å². The minimum Gasteiger partial charge on any atom is -0.508 e. The zero-order valence-electron chi connectivity index (χ0n) is 8.34. The summed E-state index contributed by atoms with van der Waals surface area (Å²) >= 11 is 0. The molecule has 4 nitrogen and oxygen atoms in total. The molecule has 4 heteroatoms. The van der Waals surface area contributed by atoms with Crippen LogP contribution in [-0.2, 0) is 11.3 Å². The lowest BCUT2D eigenvalue weighted by Crippen LogP contribution is -1.86. The fourth-order valence-corrected chi connectivity index (χ4v) is 1.64. The van der Waals surface area contributed by atoms with Crippen molar-refractivity contribution in [2.75, 3.05) is 0 Å². The monoisotopic (exact) mass is 215 g/mol. The van der Waals surface area contributed by atoms with Gasteiger partial charge in [0, 0.05) is 5.56 Å². The van der Waals surface area contributed by atoms with Crippen molar-refractivity contribution in [3.8, 4) is 11.5 Å². The van der Waals surface area contributed by atoms with Crippen LogP contribution in [0, 0.1) is 0 Å². The van der Waals surface area contributed by atoms with Crippen LogP contribution in [0.25, 0.3) is 10.8 Å². The van der Waals surface area contributed by atoms with Crippen LogP contribution in [0.4, 0.5) is 0 Å². The number of hydrogen-bond acceptors (Lipinski definition) is 4. The van der Waals surface area contributed by atoms with E-state index in [2.05, 4.69) is 4.99 Å². The van der Waals surface area contributed by atoms with Crippen LogP contribution in [0.1, 0.15) is 5.56 Å². The molecule has 2 aromatic rings. The molecule has 0 aliphatic heterocycles. The lowest BCUT2D eigenvalue weighted by atomic mass is 10.0. The van der Waals surface area contributed by atoms with E-state index in [9.17, 15) is 15.0 Å². The summed E-state index contributed by atoms with van der Waals surface area (Å²) in [6, 6.07) is 8.10. The quantitative estimate of drug-likeness (QED) is 0.595. The maximum absolute atomic E-state index is 10.1. The highest BCUT2D eigenvalue weighted by molar-refractivity contribution is 5.88. The van der Waals surface area contributed by atoms with Gasteiger partial charge in [0.2, 0.25) is 6.08 Å². The Morgan fingerprint density at radius 2 is 1.94 bits per heavy atom. The van der Waals surface area contributed by atoms with Crippen LogP contribution >= 0.6 is 0 Å². The molecular formula is C12H9NO3. The molecule has 80 valence electrons. The third kappa shape index (κ3) is 1.74. The molecule has 0 heterocycles. The van der Waals surface area contributed by atoms with Crippen molar-refractivity contribution in [2.45, 2.75) is 6.54 Å². The summed E-state index contributed by atoms with van der Waals surface area (Å²) in [6.07, 6.45) is 1.42. The second-order valence-electron chi connectivity index (χ2n) is 3.38. The van der Waals surface area contributed by atoms with Gasteiger partial charge in [0.15, 0.2) is 0 Å². The van der Waals surface area contributed by atoms with Gasteiger partial charge in [0.05, 0.1) is 6.54 Å². The van der Waals surface area contributed by atoms with Gasteiger partial charge in [0.25, 0.3) is 0 Å². The molecule has 0 radical (unpaired) electrons. The van der Waals surface area contributed by atoms with E-state index in [0.29, 0.717) is 10.9 Å². The number of fused-ring (bicyclic) bond motifs is 1. The fraction of sp³-hybridized carbons (Fsp3) is 0.0833. The van der Waals surface area contributed by atoms with Crippen molar-refractivity contribution in [1.29, 1.82) is 0 Å². The van der Waals surface area contributed by atoms with Gasteiger partial charge in [-0.15, -0.1) is 0 Å². The van der Waals surface area contributed by atoms with Gasteiger partial charge in [0.1, 0.15) is 11.5 Å². The topological polar surface area (TPSA) is 69.9 Å².